The normalized spacial score (nSPS) is 11.9. The van der Waals surface area contributed by atoms with Crippen molar-refractivity contribution in [1.82, 2.24) is 15.1 Å². The number of amides is 2. The molecule has 0 saturated heterocycles. The van der Waals surface area contributed by atoms with E-state index in [-0.39, 0.29) is 18.4 Å². The van der Waals surface area contributed by atoms with E-state index in [4.69, 9.17) is 5.73 Å². The molecule has 18 heavy (non-hydrogen) atoms. The lowest BCUT2D eigenvalue weighted by atomic mass is 10.2. The van der Waals surface area contributed by atoms with Crippen molar-refractivity contribution in [3.8, 4) is 0 Å². The summed E-state index contributed by atoms with van der Waals surface area (Å²) in [6.07, 6.45) is 4.56. The van der Waals surface area contributed by atoms with Gasteiger partial charge in [0, 0.05) is 13.2 Å². The molecule has 1 heterocycles. The maximum Gasteiger partial charge on any atom is 0.241 e. The van der Waals surface area contributed by atoms with Crippen LogP contribution < -0.4 is 16.4 Å². The van der Waals surface area contributed by atoms with Crippen molar-refractivity contribution in [2.75, 3.05) is 12.4 Å². The van der Waals surface area contributed by atoms with Gasteiger partial charge in [-0.15, -0.1) is 0 Å². The highest BCUT2D eigenvalue weighted by Gasteiger charge is 2.13. The molecule has 0 aliphatic heterocycles. The van der Waals surface area contributed by atoms with Crippen molar-refractivity contribution in [2.24, 2.45) is 5.73 Å². The number of aromatic nitrogens is 2. The Balaban J connectivity index is 2.53. The lowest BCUT2D eigenvalue weighted by molar-refractivity contribution is -0.121. The quantitative estimate of drug-likeness (QED) is 0.647. The van der Waals surface area contributed by atoms with Crippen LogP contribution in [0.25, 0.3) is 0 Å². The number of nitrogens with one attached hydrogen (secondary N) is 2. The Hall–Kier alpha value is -1.89. The van der Waals surface area contributed by atoms with Crippen LogP contribution in [0, 0.1) is 0 Å². The number of likely N-dealkylation sites (N-methyl/N-ethyl adjacent to an activating group) is 1. The number of nitrogens with two attached hydrogens (primary N) is 1. The van der Waals surface area contributed by atoms with Crippen LogP contribution in [0.3, 0.4) is 0 Å². The predicted octanol–water partition coefficient (Wildman–Crippen LogP) is -0.305. The summed E-state index contributed by atoms with van der Waals surface area (Å²) in [5.41, 5.74) is 6.22. The molecule has 0 radical (unpaired) electrons. The van der Waals surface area contributed by atoms with Crippen molar-refractivity contribution < 1.29 is 9.59 Å². The third kappa shape index (κ3) is 4.17. The van der Waals surface area contributed by atoms with Gasteiger partial charge in [0.25, 0.3) is 0 Å². The molecule has 0 unspecified atom stereocenters. The molecule has 7 heteroatoms. The summed E-state index contributed by atoms with van der Waals surface area (Å²) in [5, 5.41) is 9.11. The topological polar surface area (TPSA) is 102 Å². The molecule has 1 aromatic rings. The van der Waals surface area contributed by atoms with Crippen molar-refractivity contribution in [1.29, 1.82) is 0 Å². The fourth-order valence-corrected chi connectivity index (χ4v) is 1.42. The summed E-state index contributed by atoms with van der Waals surface area (Å²) in [4.78, 5) is 22.8. The van der Waals surface area contributed by atoms with Crippen LogP contribution in [-0.2, 0) is 16.1 Å². The Labute approximate surface area is 106 Å². The predicted molar refractivity (Wildman–Crippen MR) is 67.8 cm³/mol. The van der Waals surface area contributed by atoms with E-state index in [1.165, 1.54) is 10.9 Å². The Kier molecular flexibility index (Phi) is 5.31. The van der Waals surface area contributed by atoms with Crippen LogP contribution in [-0.4, -0.2) is 34.7 Å². The minimum atomic E-state index is -0.516. The van der Waals surface area contributed by atoms with Gasteiger partial charge in [-0.05, 0) is 6.42 Å². The van der Waals surface area contributed by atoms with Gasteiger partial charge < -0.3 is 16.4 Å². The molecule has 4 N–H and O–H groups in total. The highest BCUT2D eigenvalue weighted by Crippen LogP contribution is 2.06. The molecule has 7 nitrogen and oxygen atoms in total. The number of rotatable bonds is 6. The van der Waals surface area contributed by atoms with E-state index in [2.05, 4.69) is 15.7 Å². The van der Waals surface area contributed by atoms with Crippen molar-refractivity contribution >= 4 is 17.5 Å². The summed E-state index contributed by atoms with van der Waals surface area (Å²) >= 11 is 0. The molecule has 1 aromatic heterocycles. The summed E-state index contributed by atoms with van der Waals surface area (Å²) < 4.78 is 1.44. The van der Waals surface area contributed by atoms with Gasteiger partial charge in [0.1, 0.15) is 6.54 Å². The number of nitrogens with zero attached hydrogens (tertiary/aromatic N) is 2. The molecule has 0 saturated carbocycles. The Morgan fingerprint density at radius 3 is 2.89 bits per heavy atom. The first-order valence-electron chi connectivity index (χ1n) is 5.86. The maximum absolute atomic E-state index is 11.6. The highest BCUT2D eigenvalue weighted by molar-refractivity contribution is 5.94. The van der Waals surface area contributed by atoms with Gasteiger partial charge in [-0.25, -0.2) is 0 Å². The zero-order chi connectivity index (χ0) is 13.5. The Morgan fingerprint density at radius 1 is 1.56 bits per heavy atom. The average Bonchev–Trinajstić information content (AvgIpc) is 2.76. The first-order chi connectivity index (χ1) is 8.56. The number of hydrogen-bond acceptors (Lipinski definition) is 4. The molecular weight excluding hydrogens is 234 g/mol. The van der Waals surface area contributed by atoms with Crippen LogP contribution in [0.1, 0.15) is 19.8 Å². The zero-order valence-corrected chi connectivity index (χ0v) is 10.6. The Bertz CT molecular complexity index is 415. The van der Waals surface area contributed by atoms with E-state index in [0.29, 0.717) is 12.1 Å². The van der Waals surface area contributed by atoms with E-state index >= 15 is 0 Å². The number of carbonyl (C=O) groups is 2. The lowest BCUT2D eigenvalue weighted by Gasteiger charge is -2.09. The van der Waals surface area contributed by atoms with Crippen molar-refractivity contribution in [2.45, 2.75) is 32.4 Å². The number of anilines is 1. The summed E-state index contributed by atoms with van der Waals surface area (Å²) in [6.45, 7) is 2.09. The first-order valence-corrected chi connectivity index (χ1v) is 5.86. The van der Waals surface area contributed by atoms with Gasteiger partial charge in [-0.3, -0.25) is 14.3 Å². The van der Waals surface area contributed by atoms with Crippen molar-refractivity contribution in [3.05, 3.63) is 12.4 Å². The Morgan fingerprint density at radius 2 is 2.28 bits per heavy atom. The minimum Gasteiger partial charge on any atom is -0.358 e. The van der Waals surface area contributed by atoms with Crippen LogP contribution in [0.4, 0.5) is 5.69 Å². The van der Waals surface area contributed by atoms with Gasteiger partial charge in [-0.2, -0.15) is 5.10 Å². The molecule has 0 aliphatic rings. The molecular formula is C11H19N5O2. The molecule has 0 bridgehead atoms. The second kappa shape index (κ2) is 6.75. The monoisotopic (exact) mass is 253 g/mol. The van der Waals surface area contributed by atoms with Gasteiger partial charge in [0.15, 0.2) is 0 Å². The fraction of sp³-hybridized carbons (Fsp3) is 0.545. The van der Waals surface area contributed by atoms with Crippen LogP contribution in [0.2, 0.25) is 0 Å². The van der Waals surface area contributed by atoms with Crippen molar-refractivity contribution in [3.63, 3.8) is 0 Å². The smallest absolute Gasteiger partial charge is 0.241 e. The van der Waals surface area contributed by atoms with Gasteiger partial charge in [-0.1, -0.05) is 13.3 Å². The van der Waals surface area contributed by atoms with E-state index < -0.39 is 6.04 Å². The molecule has 0 aromatic carbocycles. The summed E-state index contributed by atoms with van der Waals surface area (Å²) in [5.74, 6) is -0.394. The van der Waals surface area contributed by atoms with Gasteiger partial charge in [0.2, 0.25) is 11.8 Å². The molecule has 0 aliphatic carbocycles. The molecule has 100 valence electrons. The van der Waals surface area contributed by atoms with Crippen LogP contribution in [0.15, 0.2) is 12.4 Å². The first kappa shape index (κ1) is 14.2. The third-order valence-corrected chi connectivity index (χ3v) is 2.42. The molecule has 0 spiro atoms. The number of hydrogen-bond donors (Lipinski definition) is 3. The highest BCUT2D eigenvalue weighted by atomic mass is 16.2. The SMILES string of the molecule is CCC[C@H](N)C(=O)Nc1cnn(CC(=O)NC)c1. The fourth-order valence-electron chi connectivity index (χ4n) is 1.42. The number of carbonyl (C=O) groups excluding carboxylic acids is 2. The van der Waals surface area contributed by atoms with Gasteiger partial charge >= 0.3 is 0 Å². The van der Waals surface area contributed by atoms with Gasteiger partial charge in [0.05, 0.1) is 17.9 Å². The zero-order valence-electron chi connectivity index (χ0n) is 10.6. The molecule has 2 amide bonds. The molecule has 0 fully saturated rings. The summed E-state index contributed by atoms with van der Waals surface area (Å²) in [6, 6.07) is -0.516. The van der Waals surface area contributed by atoms with Crippen LogP contribution in [0.5, 0.6) is 0 Å². The van der Waals surface area contributed by atoms with E-state index in [1.807, 2.05) is 6.92 Å². The maximum atomic E-state index is 11.6. The second-order valence-corrected chi connectivity index (χ2v) is 3.98. The second-order valence-electron chi connectivity index (χ2n) is 3.98. The molecule has 1 atom stereocenters. The standard InChI is InChI=1S/C11H19N5O2/c1-3-4-9(12)11(18)15-8-5-14-16(6-8)7-10(17)13-2/h5-6,9H,3-4,7,12H2,1-2H3,(H,13,17)(H,15,18)/t9-/m0/s1. The minimum absolute atomic E-state index is 0.118. The summed E-state index contributed by atoms with van der Waals surface area (Å²) in [7, 11) is 1.55. The van der Waals surface area contributed by atoms with E-state index in [9.17, 15) is 9.59 Å². The largest absolute Gasteiger partial charge is 0.358 e. The third-order valence-electron chi connectivity index (χ3n) is 2.42. The van der Waals surface area contributed by atoms with Crippen LogP contribution >= 0.6 is 0 Å². The van der Waals surface area contributed by atoms with E-state index in [0.717, 1.165) is 6.42 Å². The average molecular weight is 253 g/mol. The lowest BCUT2D eigenvalue weighted by Crippen LogP contribution is -2.35. The van der Waals surface area contributed by atoms with E-state index in [1.54, 1.807) is 13.2 Å². The molecule has 1 rings (SSSR count).